The first-order chi connectivity index (χ1) is 9.02. The molecule has 1 aromatic carbocycles. The van der Waals surface area contributed by atoms with Gasteiger partial charge in [-0.25, -0.2) is 8.78 Å². The fourth-order valence-electron chi connectivity index (χ4n) is 2.00. The van der Waals surface area contributed by atoms with E-state index in [0.717, 1.165) is 11.3 Å². The van der Waals surface area contributed by atoms with Gasteiger partial charge in [0.05, 0.1) is 11.7 Å². The quantitative estimate of drug-likeness (QED) is 0.892. The highest BCUT2D eigenvalue weighted by atomic mass is 32.1. The predicted molar refractivity (Wildman–Crippen MR) is 73.5 cm³/mol. The molecule has 2 aromatic rings. The topological polar surface area (TPSA) is 20.2 Å². The second kappa shape index (κ2) is 5.80. The Morgan fingerprint density at radius 1 is 1.16 bits per heavy atom. The normalized spacial score (nSPS) is 12.7. The summed E-state index contributed by atoms with van der Waals surface area (Å²) < 4.78 is 27.5. The highest BCUT2D eigenvalue weighted by Gasteiger charge is 2.20. The van der Waals surface area contributed by atoms with E-state index in [1.54, 1.807) is 18.3 Å². The van der Waals surface area contributed by atoms with E-state index in [1.807, 2.05) is 19.1 Å². The molecule has 2 rings (SSSR count). The Bertz CT molecular complexity index is 578. The third-order valence-electron chi connectivity index (χ3n) is 3.11. The van der Waals surface area contributed by atoms with Crippen molar-refractivity contribution in [2.45, 2.75) is 32.8 Å². The third-order valence-corrected chi connectivity index (χ3v) is 4.37. The van der Waals surface area contributed by atoms with Crippen LogP contribution in [0.25, 0.3) is 0 Å². The van der Waals surface area contributed by atoms with E-state index in [4.69, 9.17) is 0 Å². The molecule has 1 heterocycles. The maximum atomic E-state index is 13.9. The van der Waals surface area contributed by atoms with Crippen LogP contribution in [0, 0.1) is 18.6 Å². The van der Waals surface area contributed by atoms with Crippen molar-refractivity contribution in [3.8, 4) is 0 Å². The lowest BCUT2D eigenvalue weighted by molar-refractivity contribution is 0.169. The number of aliphatic hydroxyl groups is 1. The zero-order valence-electron chi connectivity index (χ0n) is 10.9. The van der Waals surface area contributed by atoms with Gasteiger partial charge in [0.15, 0.2) is 0 Å². The molecule has 0 bridgehead atoms. The average Bonchev–Trinajstić information content (AvgIpc) is 2.82. The number of halogens is 2. The molecule has 1 unspecified atom stereocenters. The summed E-state index contributed by atoms with van der Waals surface area (Å²) in [5, 5.41) is 10.1. The van der Waals surface area contributed by atoms with Crippen LogP contribution in [0.15, 0.2) is 24.3 Å². The molecule has 19 heavy (non-hydrogen) atoms. The molecule has 1 aromatic heterocycles. The van der Waals surface area contributed by atoms with E-state index in [0.29, 0.717) is 5.56 Å². The highest BCUT2D eigenvalue weighted by Crippen LogP contribution is 2.28. The molecule has 1 atom stereocenters. The summed E-state index contributed by atoms with van der Waals surface area (Å²) in [7, 11) is 0. The van der Waals surface area contributed by atoms with Crippen molar-refractivity contribution >= 4 is 11.3 Å². The Kier molecular flexibility index (Phi) is 4.32. The summed E-state index contributed by atoms with van der Waals surface area (Å²) in [4.78, 5) is 2.14. The first-order valence-electron chi connectivity index (χ1n) is 6.23. The molecule has 0 aliphatic rings. The molecule has 1 nitrogen and oxygen atoms in total. The average molecular weight is 282 g/mol. The van der Waals surface area contributed by atoms with Crippen LogP contribution in [-0.4, -0.2) is 5.11 Å². The minimum Gasteiger partial charge on any atom is -0.388 e. The predicted octanol–water partition coefficient (Wildman–Crippen LogP) is 4.17. The summed E-state index contributed by atoms with van der Waals surface area (Å²) in [5.41, 5.74) is 0.113. The molecule has 1 N–H and O–H groups in total. The number of aliphatic hydroxyl groups excluding tert-OH is 1. The third kappa shape index (κ3) is 3.01. The lowest BCUT2D eigenvalue weighted by Crippen LogP contribution is -2.07. The zero-order chi connectivity index (χ0) is 14.0. The Labute approximate surface area is 115 Å². The van der Waals surface area contributed by atoms with E-state index in [1.165, 1.54) is 17.0 Å². The number of benzene rings is 1. The molecule has 0 aliphatic heterocycles. The smallest absolute Gasteiger partial charge is 0.134 e. The van der Waals surface area contributed by atoms with Crippen LogP contribution in [0.2, 0.25) is 0 Å². The van der Waals surface area contributed by atoms with Crippen molar-refractivity contribution in [3.05, 3.63) is 56.8 Å². The second-order valence-electron chi connectivity index (χ2n) is 4.53. The summed E-state index contributed by atoms with van der Waals surface area (Å²) in [6.45, 7) is 3.61. The van der Waals surface area contributed by atoms with Crippen molar-refractivity contribution in [1.82, 2.24) is 0 Å². The summed E-state index contributed by atoms with van der Waals surface area (Å²) in [6, 6.07) is 6.46. The molecular formula is C15H16F2OS. The van der Waals surface area contributed by atoms with Crippen LogP contribution in [0.1, 0.15) is 33.9 Å². The summed E-state index contributed by atoms with van der Waals surface area (Å²) in [5.74, 6) is -1.34. The number of thiophene rings is 1. The van der Waals surface area contributed by atoms with Gasteiger partial charge in [0.1, 0.15) is 11.6 Å². The Morgan fingerprint density at radius 2 is 1.84 bits per heavy atom. The molecule has 0 saturated heterocycles. The summed E-state index contributed by atoms with van der Waals surface area (Å²) >= 11 is 1.57. The van der Waals surface area contributed by atoms with Gasteiger partial charge in [-0.3, -0.25) is 0 Å². The Hall–Kier alpha value is -1.26. The van der Waals surface area contributed by atoms with Crippen LogP contribution < -0.4 is 0 Å². The van der Waals surface area contributed by atoms with Crippen molar-refractivity contribution in [2.75, 3.05) is 0 Å². The molecule has 102 valence electrons. The minimum absolute atomic E-state index is 0.230. The first-order valence-corrected chi connectivity index (χ1v) is 7.04. The van der Waals surface area contributed by atoms with Gasteiger partial charge in [0, 0.05) is 16.2 Å². The van der Waals surface area contributed by atoms with Crippen molar-refractivity contribution in [3.63, 3.8) is 0 Å². The van der Waals surface area contributed by atoms with E-state index in [9.17, 15) is 13.9 Å². The molecule has 0 fully saturated rings. The molecule has 0 radical (unpaired) electrons. The van der Waals surface area contributed by atoms with Crippen molar-refractivity contribution < 1.29 is 13.9 Å². The number of aryl methyl sites for hydroxylation is 2. The standard InChI is InChI=1S/C15H16F2OS/c1-3-10-5-6-11(19-10)8-13(18)14-12(16)7-4-9(2)15(14)17/h4-7,13,18H,3,8H2,1-2H3. The van der Waals surface area contributed by atoms with Gasteiger partial charge in [-0.1, -0.05) is 13.0 Å². The van der Waals surface area contributed by atoms with Crippen molar-refractivity contribution in [1.29, 1.82) is 0 Å². The zero-order valence-corrected chi connectivity index (χ0v) is 11.7. The largest absolute Gasteiger partial charge is 0.388 e. The van der Waals surface area contributed by atoms with Gasteiger partial charge in [-0.2, -0.15) is 0 Å². The first kappa shape index (κ1) is 14.2. The Balaban J connectivity index is 2.24. The lowest BCUT2D eigenvalue weighted by Gasteiger charge is -2.13. The van der Waals surface area contributed by atoms with E-state index in [-0.39, 0.29) is 12.0 Å². The van der Waals surface area contributed by atoms with Crippen LogP contribution in [0.3, 0.4) is 0 Å². The van der Waals surface area contributed by atoms with Gasteiger partial charge < -0.3 is 5.11 Å². The van der Waals surface area contributed by atoms with Crippen LogP contribution in [0.5, 0.6) is 0 Å². The summed E-state index contributed by atoms with van der Waals surface area (Å²) in [6.07, 6.45) is 0.0128. The monoisotopic (exact) mass is 282 g/mol. The van der Waals surface area contributed by atoms with Crippen LogP contribution in [-0.2, 0) is 12.8 Å². The van der Waals surface area contributed by atoms with Gasteiger partial charge in [0.25, 0.3) is 0 Å². The minimum atomic E-state index is -1.15. The molecular weight excluding hydrogens is 266 g/mol. The molecule has 0 saturated carbocycles. The van der Waals surface area contributed by atoms with Gasteiger partial charge in [-0.05, 0) is 37.1 Å². The maximum Gasteiger partial charge on any atom is 0.134 e. The van der Waals surface area contributed by atoms with Gasteiger partial charge in [0.2, 0.25) is 0 Å². The number of rotatable bonds is 4. The van der Waals surface area contributed by atoms with E-state index in [2.05, 4.69) is 0 Å². The molecule has 0 aliphatic carbocycles. The number of hydrogen-bond donors (Lipinski definition) is 1. The fraction of sp³-hybridized carbons (Fsp3) is 0.333. The van der Waals surface area contributed by atoms with E-state index >= 15 is 0 Å². The van der Waals surface area contributed by atoms with Crippen LogP contribution >= 0.6 is 11.3 Å². The second-order valence-corrected chi connectivity index (χ2v) is 5.79. The lowest BCUT2D eigenvalue weighted by atomic mass is 10.0. The molecule has 0 amide bonds. The molecule has 0 spiro atoms. The Morgan fingerprint density at radius 3 is 2.47 bits per heavy atom. The van der Waals surface area contributed by atoms with Gasteiger partial charge in [-0.15, -0.1) is 11.3 Å². The van der Waals surface area contributed by atoms with Crippen LogP contribution in [0.4, 0.5) is 8.78 Å². The van der Waals surface area contributed by atoms with E-state index < -0.39 is 17.7 Å². The van der Waals surface area contributed by atoms with Gasteiger partial charge >= 0.3 is 0 Å². The SMILES string of the molecule is CCc1ccc(CC(O)c2c(F)ccc(C)c2F)s1. The molecule has 4 heteroatoms. The highest BCUT2D eigenvalue weighted by molar-refractivity contribution is 7.11. The number of hydrogen-bond acceptors (Lipinski definition) is 2. The maximum absolute atomic E-state index is 13.9. The van der Waals surface area contributed by atoms with Crippen molar-refractivity contribution in [2.24, 2.45) is 0 Å². The fourth-order valence-corrected chi connectivity index (χ4v) is 2.99.